The van der Waals surface area contributed by atoms with Crippen LogP contribution in [0, 0.1) is 0 Å². The minimum absolute atomic E-state index is 0.0231. The molecule has 0 radical (unpaired) electrons. The normalized spacial score (nSPS) is 20.0. The molecule has 1 atom stereocenters. The molecule has 1 saturated carbocycles. The summed E-state index contributed by atoms with van der Waals surface area (Å²) in [4.78, 5) is 5.42. The fraction of sp³-hybridized carbons (Fsp3) is 0.550. The Morgan fingerprint density at radius 2 is 1.92 bits per heavy atom. The molecule has 1 aromatic rings. The van der Waals surface area contributed by atoms with Crippen molar-refractivity contribution in [1.29, 1.82) is 0 Å². The Kier molecular flexibility index (Phi) is 7.48. The van der Waals surface area contributed by atoms with Crippen LogP contribution in [-0.4, -0.2) is 35.6 Å². The largest absolute Gasteiger partial charge is 0.393 e. The Bertz CT molecular complexity index is 603. The molecule has 1 aliphatic rings. The lowest BCUT2D eigenvalue weighted by atomic mass is 9.91. The maximum Gasteiger partial charge on any atom is 0.144 e. The van der Waals surface area contributed by atoms with Crippen molar-refractivity contribution < 1.29 is 9.94 Å². The molecule has 1 unspecified atom stereocenters. The lowest BCUT2D eigenvalue weighted by Gasteiger charge is -2.22. The number of rotatable bonds is 6. The van der Waals surface area contributed by atoms with Crippen LogP contribution in [0.4, 0.5) is 0 Å². The van der Waals surface area contributed by atoms with Gasteiger partial charge in [-0.25, -0.2) is 0 Å². The standard InChI is InChI=1S/C20H29ClN2O2/c1-20(2,3)22-13-18(24)14-25-23-19-7-5-4-6-16(19)12-15-8-10-17(21)11-9-15/h8-12,18,22,24H,4-7,13-14H2,1-3H3/b16-12+,23-19+. The lowest BCUT2D eigenvalue weighted by Crippen LogP contribution is -2.42. The number of aliphatic hydroxyl groups is 1. The second-order valence-corrected chi connectivity index (χ2v) is 7.98. The molecule has 0 spiro atoms. The molecule has 138 valence electrons. The van der Waals surface area contributed by atoms with Crippen LogP contribution in [0.25, 0.3) is 6.08 Å². The summed E-state index contributed by atoms with van der Waals surface area (Å²) in [7, 11) is 0. The quantitative estimate of drug-likeness (QED) is 0.734. The van der Waals surface area contributed by atoms with Gasteiger partial charge in [0.25, 0.3) is 0 Å². The molecule has 4 nitrogen and oxygen atoms in total. The zero-order chi connectivity index (χ0) is 18.3. The summed E-state index contributed by atoms with van der Waals surface area (Å²) < 4.78 is 0. The molecular formula is C20H29ClN2O2. The van der Waals surface area contributed by atoms with Crippen molar-refractivity contribution >= 4 is 23.4 Å². The number of allylic oxidation sites excluding steroid dienone is 1. The van der Waals surface area contributed by atoms with E-state index < -0.39 is 6.10 Å². The number of halogens is 1. The van der Waals surface area contributed by atoms with E-state index in [1.54, 1.807) is 0 Å². The fourth-order valence-electron chi connectivity index (χ4n) is 2.62. The van der Waals surface area contributed by atoms with Crippen LogP contribution >= 0.6 is 11.6 Å². The summed E-state index contributed by atoms with van der Waals surface area (Å²) in [5, 5.41) is 18.3. The van der Waals surface area contributed by atoms with Gasteiger partial charge in [-0.2, -0.15) is 0 Å². The first-order chi connectivity index (χ1) is 11.8. The predicted octanol–water partition coefficient (Wildman–Crippen LogP) is 4.42. The van der Waals surface area contributed by atoms with E-state index in [4.69, 9.17) is 16.4 Å². The molecule has 25 heavy (non-hydrogen) atoms. The molecule has 0 heterocycles. The zero-order valence-electron chi connectivity index (χ0n) is 15.4. The van der Waals surface area contributed by atoms with Crippen molar-refractivity contribution in [3.8, 4) is 0 Å². The van der Waals surface area contributed by atoms with E-state index in [1.807, 2.05) is 24.3 Å². The molecule has 1 aliphatic carbocycles. The Labute approximate surface area is 155 Å². The Morgan fingerprint density at radius 3 is 2.60 bits per heavy atom. The van der Waals surface area contributed by atoms with E-state index in [9.17, 15) is 5.11 Å². The number of oxime groups is 1. The maximum absolute atomic E-state index is 9.99. The van der Waals surface area contributed by atoms with Crippen LogP contribution < -0.4 is 5.32 Å². The first kappa shape index (κ1) is 20.0. The van der Waals surface area contributed by atoms with Gasteiger partial charge in [0.05, 0.1) is 5.71 Å². The van der Waals surface area contributed by atoms with Gasteiger partial charge in [-0.15, -0.1) is 0 Å². The highest BCUT2D eigenvalue weighted by Crippen LogP contribution is 2.24. The van der Waals surface area contributed by atoms with E-state index >= 15 is 0 Å². The Balaban J connectivity index is 1.93. The minimum atomic E-state index is -0.573. The van der Waals surface area contributed by atoms with Crippen molar-refractivity contribution in [3.05, 3.63) is 40.4 Å². The molecule has 5 heteroatoms. The number of benzene rings is 1. The van der Waals surface area contributed by atoms with Gasteiger partial charge in [-0.3, -0.25) is 0 Å². The molecule has 0 amide bonds. The average Bonchev–Trinajstić information content (AvgIpc) is 2.56. The van der Waals surface area contributed by atoms with Gasteiger partial charge >= 0.3 is 0 Å². The smallest absolute Gasteiger partial charge is 0.144 e. The van der Waals surface area contributed by atoms with Crippen molar-refractivity contribution in [1.82, 2.24) is 5.32 Å². The second-order valence-electron chi connectivity index (χ2n) is 7.55. The van der Waals surface area contributed by atoms with Gasteiger partial charge in [-0.05, 0) is 75.8 Å². The lowest BCUT2D eigenvalue weighted by molar-refractivity contribution is 0.0369. The van der Waals surface area contributed by atoms with Crippen LogP contribution in [0.1, 0.15) is 52.0 Å². The minimum Gasteiger partial charge on any atom is -0.393 e. The van der Waals surface area contributed by atoms with Gasteiger partial charge in [0.2, 0.25) is 0 Å². The number of β-amino-alcohol motifs (C(OH)–C–C–N with tert-alkyl or cyclic N) is 1. The topological polar surface area (TPSA) is 53.8 Å². The molecule has 0 saturated heterocycles. The molecular weight excluding hydrogens is 336 g/mol. The monoisotopic (exact) mass is 364 g/mol. The molecule has 2 rings (SSSR count). The van der Waals surface area contributed by atoms with Crippen LogP contribution in [-0.2, 0) is 4.84 Å². The summed E-state index contributed by atoms with van der Waals surface area (Å²) in [6.45, 7) is 6.88. The average molecular weight is 365 g/mol. The Hall–Kier alpha value is -1.36. The van der Waals surface area contributed by atoms with Gasteiger partial charge in [0.15, 0.2) is 0 Å². The van der Waals surface area contributed by atoms with Crippen LogP contribution in [0.3, 0.4) is 0 Å². The first-order valence-electron chi connectivity index (χ1n) is 8.92. The summed E-state index contributed by atoms with van der Waals surface area (Å²) in [6, 6.07) is 7.79. The summed E-state index contributed by atoms with van der Waals surface area (Å²) in [5.74, 6) is 0. The van der Waals surface area contributed by atoms with Gasteiger partial charge in [-0.1, -0.05) is 28.9 Å². The highest BCUT2D eigenvalue weighted by Gasteiger charge is 2.15. The number of aliphatic hydroxyl groups excluding tert-OH is 1. The molecule has 0 aromatic heterocycles. The van der Waals surface area contributed by atoms with E-state index in [0.717, 1.165) is 42.0 Å². The highest BCUT2D eigenvalue weighted by molar-refractivity contribution is 6.30. The molecule has 1 fully saturated rings. The maximum atomic E-state index is 9.99. The summed E-state index contributed by atoms with van der Waals surface area (Å²) >= 11 is 5.94. The molecule has 0 bridgehead atoms. The van der Waals surface area contributed by atoms with E-state index in [1.165, 1.54) is 5.57 Å². The van der Waals surface area contributed by atoms with Crippen molar-refractivity contribution in [3.63, 3.8) is 0 Å². The highest BCUT2D eigenvalue weighted by atomic mass is 35.5. The number of nitrogens with one attached hydrogen (secondary N) is 1. The van der Waals surface area contributed by atoms with Gasteiger partial charge in [0, 0.05) is 17.1 Å². The van der Waals surface area contributed by atoms with Crippen LogP contribution in [0.5, 0.6) is 0 Å². The number of hydrogen-bond acceptors (Lipinski definition) is 4. The molecule has 0 aliphatic heterocycles. The third kappa shape index (κ3) is 7.59. The fourth-order valence-corrected chi connectivity index (χ4v) is 2.74. The summed E-state index contributed by atoms with van der Waals surface area (Å²) in [5.41, 5.74) is 3.28. The van der Waals surface area contributed by atoms with Crippen molar-refractivity contribution in [2.45, 2.75) is 58.1 Å². The number of nitrogens with zero attached hydrogens (tertiary/aromatic N) is 1. The van der Waals surface area contributed by atoms with E-state index in [0.29, 0.717) is 6.54 Å². The van der Waals surface area contributed by atoms with E-state index in [-0.39, 0.29) is 12.1 Å². The Morgan fingerprint density at radius 1 is 1.24 bits per heavy atom. The predicted molar refractivity (Wildman–Crippen MR) is 105 cm³/mol. The van der Waals surface area contributed by atoms with Gasteiger partial charge < -0.3 is 15.3 Å². The van der Waals surface area contributed by atoms with Gasteiger partial charge in [0.1, 0.15) is 12.7 Å². The third-order valence-electron chi connectivity index (χ3n) is 4.00. The third-order valence-corrected chi connectivity index (χ3v) is 4.25. The molecule has 1 aromatic carbocycles. The SMILES string of the molecule is CC(C)(C)NCC(O)CO/N=C1\CCCC\C1=C/c1ccc(Cl)cc1. The second kappa shape index (κ2) is 9.37. The van der Waals surface area contributed by atoms with E-state index in [2.05, 4.69) is 37.3 Å². The number of hydrogen-bond donors (Lipinski definition) is 2. The summed E-state index contributed by atoms with van der Waals surface area (Å²) in [6.07, 6.45) is 5.77. The van der Waals surface area contributed by atoms with Crippen molar-refractivity contribution in [2.75, 3.05) is 13.2 Å². The first-order valence-corrected chi connectivity index (χ1v) is 9.30. The van der Waals surface area contributed by atoms with Crippen LogP contribution in [0.15, 0.2) is 35.0 Å². The van der Waals surface area contributed by atoms with Crippen molar-refractivity contribution in [2.24, 2.45) is 5.16 Å². The molecule has 2 N–H and O–H groups in total. The zero-order valence-corrected chi connectivity index (χ0v) is 16.1. The van der Waals surface area contributed by atoms with Crippen LogP contribution in [0.2, 0.25) is 5.02 Å².